The van der Waals surface area contributed by atoms with E-state index in [1.165, 1.54) is 6.33 Å². The minimum atomic E-state index is -3.09. The monoisotopic (exact) mass is 454 g/mol. The first-order valence-corrected chi connectivity index (χ1v) is 10.9. The molecule has 32 heavy (non-hydrogen) atoms. The van der Waals surface area contributed by atoms with E-state index in [0.717, 1.165) is 30.4 Å². The molecule has 11 heteroatoms. The van der Waals surface area contributed by atoms with Crippen LogP contribution in [-0.4, -0.2) is 71.2 Å². The third-order valence-corrected chi connectivity index (χ3v) is 5.42. The summed E-state index contributed by atoms with van der Waals surface area (Å²) in [5.41, 5.74) is -0.355. The average Bonchev–Trinajstić information content (AvgIpc) is 2.72. The molecular formula is C21H32F2N6O3. The van der Waals surface area contributed by atoms with Gasteiger partial charge in [-0.3, -0.25) is 0 Å². The molecule has 1 aromatic heterocycles. The number of hydrogen-bond donors (Lipinski definition) is 3. The Morgan fingerprint density at radius 3 is 2.72 bits per heavy atom. The van der Waals surface area contributed by atoms with Crippen LogP contribution in [0.25, 0.3) is 0 Å². The van der Waals surface area contributed by atoms with Crippen LogP contribution in [0.2, 0.25) is 0 Å². The number of piperidine rings is 1. The van der Waals surface area contributed by atoms with Gasteiger partial charge in [-0.2, -0.15) is 0 Å². The Hall–Kier alpha value is -2.56. The van der Waals surface area contributed by atoms with Gasteiger partial charge < -0.3 is 30.4 Å². The maximum atomic E-state index is 14.8. The molecule has 2 atom stereocenters. The van der Waals surface area contributed by atoms with Gasteiger partial charge in [0.15, 0.2) is 0 Å². The third-order valence-electron chi connectivity index (χ3n) is 5.42. The van der Waals surface area contributed by atoms with E-state index >= 15 is 0 Å². The topological polar surface area (TPSA) is 112 Å². The van der Waals surface area contributed by atoms with Crippen LogP contribution in [-0.2, 0) is 9.47 Å². The van der Waals surface area contributed by atoms with Gasteiger partial charge in [-0.25, -0.2) is 23.5 Å². The minimum Gasteiger partial charge on any atom is -0.444 e. The van der Waals surface area contributed by atoms with Crippen molar-refractivity contribution < 1.29 is 23.0 Å². The second kappa shape index (κ2) is 9.93. The van der Waals surface area contributed by atoms with Gasteiger partial charge in [0, 0.05) is 31.8 Å². The van der Waals surface area contributed by atoms with E-state index in [4.69, 9.17) is 14.9 Å². The van der Waals surface area contributed by atoms with Crippen molar-refractivity contribution in [1.29, 1.82) is 5.41 Å². The first-order valence-electron chi connectivity index (χ1n) is 10.9. The first kappa shape index (κ1) is 24.1. The molecule has 2 saturated heterocycles. The summed E-state index contributed by atoms with van der Waals surface area (Å²) < 4.78 is 40.5. The van der Waals surface area contributed by atoms with E-state index in [1.54, 1.807) is 20.8 Å². The molecule has 3 heterocycles. The number of carbonyl (C=O) groups is 1. The molecule has 0 saturated carbocycles. The van der Waals surface area contributed by atoms with Crippen LogP contribution in [0.4, 0.5) is 25.2 Å². The molecule has 2 aliphatic heterocycles. The normalized spacial score (nSPS) is 23.3. The van der Waals surface area contributed by atoms with Crippen LogP contribution >= 0.6 is 0 Å². The number of aromatic nitrogens is 2. The molecule has 3 rings (SSSR count). The first-order chi connectivity index (χ1) is 15.1. The summed E-state index contributed by atoms with van der Waals surface area (Å²) in [6, 6.07) is 0. The Morgan fingerprint density at radius 1 is 1.34 bits per heavy atom. The SMILES string of the molecule is CC(C)(C)OC(=O)N1CC[C@H](CNc2ncnc(NC3CCCCO3)c2C=N)C(F)(F)C1. The molecule has 1 unspecified atom stereocenters. The predicted molar refractivity (Wildman–Crippen MR) is 116 cm³/mol. The molecule has 1 aromatic rings. The third kappa shape index (κ3) is 6.24. The van der Waals surface area contributed by atoms with Crippen LogP contribution in [0.1, 0.15) is 52.0 Å². The Labute approximate surface area is 186 Å². The van der Waals surface area contributed by atoms with Gasteiger partial charge in [0.25, 0.3) is 5.92 Å². The lowest BCUT2D eigenvalue weighted by Gasteiger charge is -2.38. The van der Waals surface area contributed by atoms with E-state index in [9.17, 15) is 13.6 Å². The van der Waals surface area contributed by atoms with E-state index in [1.807, 2.05) is 0 Å². The number of anilines is 2. The van der Waals surface area contributed by atoms with E-state index < -0.39 is 30.1 Å². The number of hydrogen-bond acceptors (Lipinski definition) is 8. The van der Waals surface area contributed by atoms with Crippen molar-refractivity contribution in [3.8, 4) is 0 Å². The molecule has 9 nitrogen and oxygen atoms in total. The largest absolute Gasteiger partial charge is 0.444 e. The summed E-state index contributed by atoms with van der Waals surface area (Å²) in [4.78, 5) is 21.5. The maximum absolute atomic E-state index is 14.8. The van der Waals surface area contributed by atoms with Crippen LogP contribution in [0.3, 0.4) is 0 Å². The second-order valence-electron chi connectivity index (χ2n) is 9.16. The maximum Gasteiger partial charge on any atom is 0.410 e. The fourth-order valence-corrected chi connectivity index (χ4v) is 3.73. The smallest absolute Gasteiger partial charge is 0.410 e. The van der Waals surface area contributed by atoms with Gasteiger partial charge in [0.05, 0.1) is 12.1 Å². The Morgan fingerprint density at radius 2 is 2.09 bits per heavy atom. The standard InChI is InChI=1S/C21H32F2N6O3/c1-20(2,3)32-19(30)29-8-7-14(21(22,23)12-29)11-25-17-15(10-24)18(27-13-26-17)28-16-6-4-5-9-31-16/h10,13-14,16,24H,4-9,11-12H2,1-3H3,(H2,25,26,27,28)/t14-,16?/m1/s1. The number of nitrogens with one attached hydrogen (secondary N) is 3. The Bertz CT molecular complexity index is 811. The van der Waals surface area contributed by atoms with Crippen molar-refractivity contribution >= 4 is 23.9 Å². The van der Waals surface area contributed by atoms with Gasteiger partial charge in [-0.05, 0) is 46.5 Å². The minimum absolute atomic E-state index is 0.0492. The average molecular weight is 455 g/mol. The summed E-state index contributed by atoms with van der Waals surface area (Å²) in [5, 5.41) is 13.9. The number of alkyl halides is 2. The number of carbonyl (C=O) groups excluding carboxylic acids is 1. The van der Waals surface area contributed by atoms with Crippen molar-refractivity contribution in [3.05, 3.63) is 11.9 Å². The molecule has 0 aromatic carbocycles. The molecule has 0 radical (unpaired) electrons. The lowest BCUT2D eigenvalue weighted by Crippen LogP contribution is -2.53. The highest BCUT2D eigenvalue weighted by atomic mass is 19.3. The summed E-state index contributed by atoms with van der Waals surface area (Å²) >= 11 is 0. The summed E-state index contributed by atoms with van der Waals surface area (Å²) in [6.45, 7) is 5.20. The van der Waals surface area contributed by atoms with Crippen LogP contribution in [0.15, 0.2) is 6.33 Å². The predicted octanol–water partition coefficient (Wildman–Crippen LogP) is 3.72. The zero-order valence-corrected chi connectivity index (χ0v) is 18.8. The number of halogens is 2. The van der Waals surface area contributed by atoms with Crippen molar-refractivity contribution in [2.24, 2.45) is 5.92 Å². The number of nitrogens with zero attached hydrogens (tertiary/aromatic N) is 3. The zero-order chi connectivity index (χ0) is 23.4. The van der Waals surface area contributed by atoms with E-state index in [0.29, 0.717) is 23.8 Å². The molecule has 0 spiro atoms. The van der Waals surface area contributed by atoms with Gasteiger partial charge >= 0.3 is 6.09 Å². The van der Waals surface area contributed by atoms with Gasteiger partial charge in [0.2, 0.25) is 0 Å². The van der Waals surface area contributed by atoms with Gasteiger partial charge in [-0.1, -0.05) is 0 Å². The fraction of sp³-hybridized carbons (Fsp3) is 0.714. The van der Waals surface area contributed by atoms with Crippen LogP contribution in [0.5, 0.6) is 0 Å². The number of ether oxygens (including phenoxy) is 2. The van der Waals surface area contributed by atoms with Crippen LogP contribution in [0, 0.1) is 11.3 Å². The van der Waals surface area contributed by atoms with Crippen molar-refractivity contribution in [2.45, 2.75) is 64.2 Å². The molecule has 2 fully saturated rings. The molecular weight excluding hydrogens is 422 g/mol. The zero-order valence-electron chi connectivity index (χ0n) is 18.8. The summed E-state index contributed by atoms with van der Waals surface area (Å²) in [5.74, 6) is -3.35. The molecule has 0 aliphatic carbocycles. The van der Waals surface area contributed by atoms with Crippen LogP contribution < -0.4 is 10.6 Å². The molecule has 1 amide bonds. The second-order valence-corrected chi connectivity index (χ2v) is 9.16. The molecule has 178 valence electrons. The lowest BCUT2D eigenvalue weighted by atomic mass is 9.93. The van der Waals surface area contributed by atoms with Crippen molar-refractivity contribution in [3.63, 3.8) is 0 Å². The van der Waals surface area contributed by atoms with Crippen molar-refractivity contribution in [1.82, 2.24) is 14.9 Å². The lowest BCUT2D eigenvalue weighted by molar-refractivity contribution is -0.106. The number of rotatable bonds is 6. The van der Waals surface area contributed by atoms with E-state index in [-0.39, 0.29) is 25.7 Å². The highest BCUT2D eigenvalue weighted by Gasteiger charge is 2.46. The summed E-state index contributed by atoms with van der Waals surface area (Å²) in [7, 11) is 0. The molecule has 2 aliphatic rings. The molecule has 0 bridgehead atoms. The fourth-order valence-electron chi connectivity index (χ4n) is 3.73. The Kier molecular flexibility index (Phi) is 7.47. The Balaban J connectivity index is 1.62. The number of amides is 1. The highest BCUT2D eigenvalue weighted by Crippen LogP contribution is 2.34. The highest BCUT2D eigenvalue weighted by molar-refractivity contribution is 5.90. The van der Waals surface area contributed by atoms with E-state index in [2.05, 4.69) is 20.6 Å². The number of likely N-dealkylation sites (tertiary alicyclic amines) is 1. The van der Waals surface area contributed by atoms with Gasteiger partial charge in [0.1, 0.15) is 29.8 Å². The quantitative estimate of drug-likeness (QED) is 0.562. The van der Waals surface area contributed by atoms with Crippen molar-refractivity contribution in [2.75, 3.05) is 36.9 Å². The summed E-state index contributed by atoms with van der Waals surface area (Å²) in [6.07, 6.45) is 4.47. The molecule has 3 N–H and O–H groups in total. The van der Waals surface area contributed by atoms with Gasteiger partial charge in [-0.15, -0.1) is 0 Å².